The second-order valence-electron chi connectivity index (χ2n) is 16.7. The second kappa shape index (κ2) is 26.3. The van der Waals surface area contributed by atoms with Gasteiger partial charge >= 0.3 is 5.97 Å². The van der Waals surface area contributed by atoms with Gasteiger partial charge in [0, 0.05) is 80.5 Å². The number of carboxylic acid groups (broad SMARTS) is 1. The van der Waals surface area contributed by atoms with Gasteiger partial charge in [-0.3, -0.25) is 9.35 Å². The molecule has 0 fully saturated rings. The van der Waals surface area contributed by atoms with Gasteiger partial charge in [-0.05, 0) is 87.9 Å². The first-order chi connectivity index (χ1) is 32.2. The molecule has 2 N–H and O–H groups in total. The summed E-state index contributed by atoms with van der Waals surface area (Å²) >= 11 is 0. The Balaban J connectivity index is 1.65. The van der Waals surface area contributed by atoms with Crippen LogP contribution in [0.4, 0.5) is 11.4 Å². The molecule has 0 aromatic heterocycles. The van der Waals surface area contributed by atoms with Crippen molar-refractivity contribution >= 4 is 53.4 Å². The van der Waals surface area contributed by atoms with Crippen molar-refractivity contribution in [2.24, 2.45) is 0 Å². The van der Waals surface area contributed by atoms with Gasteiger partial charge in [0.2, 0.25) is 5.69 Å². The van der Waals surface area contributed by atoms with E-state index in [1.807, 2.05) is 22.5 Å². The van der Waals surface area contributed by atoms with Gasteiger partial charge in [0.15, 0.2) is 5.71 Å². The number of nitrogens with zero attached hydrogens (tertiary/aromatic N) is 2. The zero-order chi connectivity index (χ0) is 50.0. The van der Waals surface area contributed by atoms with Gasteiger partial charge in [0.25, 0.3) is 10.1 Å². The van der Waals surface area contributed by atoms with E-state index >= 15 is 0 Å². The number of rotatable bonds is 33. The number of aliphatic carboxylic acids is 1. The molecule has 2 aromatic carbocycles. The molecular formula is C46H65N2O17S3-. The molecule has 19 nitrogen and oxygen atoms in total. The highest BCUT2D eigenvalue weighted by Gasteiger charge is 2.48. The summed E-state index contributed by atoms with van der Waals surface area (Å²) in [7, 11) is -10.9. The number of carbonyl (C=O) groups is 1. The van der Waals surface area contributed by atoms with Gasteiger partial charge in [0.05, 0.1) is 84.8 Å². The van der Waals surface area contributed by atoms with Crippen molar-refractivity contribution in [3.05, 3.63) is 83.6 Å². The SMILES string of the molecule is COCCOCCOCCOCCOCCC1(C)C(=CC=CC=CC2=[N+](CCCCCC(=O)O)c3ccc(S(=O)(=O)[O-])cc3C2(C)CCCS(=O)(=O)[O-])N(CCOC)c2ccc(S(=O)(=O)O)cc21. The van der Waals surface area contributed by atoms with Crippen molar-refractivity contribution in [2.45, 2.75) is 79.4 Å². The average Bonchev–Trinajstić information content (AvgIpc) is 3.63. The van der Waals surface area contributed by atoms with Gasteiger partial charge in [-0.15, -0.1) is 0 Å². The summed E-state index contributed by atoms with van der Waals surface area (Å²) in [6.07, 6.45) is 11.0. The summed E-state index contributed by atoms with van der Waals surface area (Å²) in [6.45, 7) is 8.34. The largest absolute Gasteiger partial charge is 0.748 e. The van der Waals surface area contributed by atoms with Crippen molar-refractivity contribution in [3.63, 3.8) is 0 Å². The lowest BCUT2D eigenvalue weighted by atomic mass is 9.76. The molecule has 4 rings (SSSR count). The van der Waals surface area contributed by atoms with Gasteiger partial charge in [0.1, 0.15) is 16.7 Å². The van der Waals surface area contributed by atoms with E-state index in [2.05, 4.69) is 0 Å². The molecule has 0 spiro atoms. The Morgan fingerprint density at radius 3 is 1.90 bits per heavy atom. The zero-order valence-electron chi connectivity index (χ0n) is 39.1. The molecule has 2 aliphatic heterocycles. The number of carboxylic acids is 1. The Kier molecular flexibility index (Phi) is 22.0. The molecule has 0 aliphatic carbocycles. The van der Waals surface area contributed by atoms with Crippen LogP contribution in [0.3, 0.4) is 0 Å². The Morgan fingerprint density at radius 1 is 0.706 bits per heavy atom. The third kappa shape index (κ3) is 16.3. The first-order valence-corrected chi connectivity index (χ1v) is 26.7. The highest BCUT2D eigenvalue weighted by Crippen LogP contribution is 2.51. The number of benzene rings is 2. The molecule has 68 heavy (non-hydrogen) atoms. The molecule has 2 aliphatic rings. The van der Waals surface area contributed by atoms with Crippen LogP contribution in [-0.4, -0.2) is 159 Å². The summed E-state index contributed by atoms with van der Waals surface area (Å²) in [6, 6.07) is 8.49. The number of anilines is 1. The summed E-state index contributed by atoms with van der Waals surface area (Å²) in [4.78, 5) is 12.5. The van der Waals surface area contributed by atoms with Crippen molar-refractivity contribution in [3.8, 4) is 0 Å². The fraction of sp³-hybridized carbons (Fsp3) is 0.565. The molecule has 0 saturated carbocycles. The zero-order valence-corrected chi connectivity index (χ0v) is 41.6. The Labute approximate surface area is 400 Å². The van der Waals surface area contributed by atoms with E-state index in [1.54, 1.807) is 51.5 Å². The van der Waals surface area contributed by atoms with Crippen LogP contribution in [0, 0.1) is 0 Å². The van der Waals surface area contributed by atoms with Crippen LogP contribution < -0.4 is 4.90 Å². The van der Waals surface area contributed by atoms with Crippen LogP contribution in [0.1, 0.15) is 69.9 Å². The summed E-state index contributed by atoms with van der Waals surface area (Å²) in [5, 5.41) is 9.16. The van der Waals surface area contributed by atoms with Gasteiger partial charge in [-0.25, -0.2) is 16.8 Å². The van der Waals surface area contributed by atoms with E-state index in [4.69, 9.17) is 33.5 Å². The highest BCUT2D eigenvalue weighted by molar-refractivity contribution is 7.86. The molecule has 380 valence electrons. The van der Waals surface area contributed by atoms with E-state index in [9.17, 15) is 43.7 Å². The minimum atomic E-state index is -4.88. The molecule has 22 heteroatoms. The van der Waals surface area contributed by atoms with Gasteiger partial charge < -0.3 is 47.5 Å². The number of allylic oxidation sites excluding steroid dienone is 6. The van der Waals surface area contributed by atoms with E-state index in [1.165, 1.54) is 30.3 Å². The Morgan fingerprint density at radius 2 is 1.31 bits per heavy atom. The van der Waals surface area contributed by atoms with Crippen LogP contribution in [0.25, 0.3) is 0 Å². The summed E-state index contributed by atoms with van der Waals surface area (Å²) < 4.78 is 141. The number of unbranched alkanes of at least 4 members (excludes halogenated alkanes) is 2. The van der Waals surface area contributed by atoms with Crippen molar-refractivity contribution in [2.75, 3.05) is 104 Å². The highest BCUT2D eigenvalue weighted by atomic mass is 32.2. The maximum Gasteiger partial charge on any atom is 0.303 e. The quantitative estimate of drug-likeness (QED) is 0.0425. The third-order valence-corrected chi connectivity index (χ3v) is 14.4. The van der Waals surface area contributed by atoms with Crippen molar-refractivity contribution in [1.82, 2.24) is 0 Å². The summed E-state index contributed by atoms with van der Waals surface area (Å²) in [5.74, 6) is -1.58. The van der Waals surface area contributed by atoms with E-state index < -0.39 is 57.8 Å². The molecule has 0 bridgehead atoms. The normalized spacial score (nSPS) is 19.3. The number of fused-ring (bicyclic) bond motifs is 2. The number of hydrogen-bond donors (Lipinski definition) is 2. The second-order valence-corrected chi connectivity index (χ2v) is 21.0. The lowest BCUT2D eigenvalue weighted by Gasteiger charge is -2.30. The Hall–Kier alpha value is -3.91. The molecule has 0 amide bonds. The first-order valence-electron chi connectivity index (χ1n) is 22.3. The molecule has 2 unspecified atom stereocenters. The monoisotopic (exact) mass is 1010 g/mol. The molecule has 2 atom stereocenters. The lowest BCUT2D eigenvalue weighted by Crippen LogP contribution is -2.32. The number of methoxy groups -OCH3 is 2. The standard InChI is InChI=1S/C46H66N2O17S3/c1-45(19-11-33-66(51,52)53)38-34-36(67(54,55)56)15-17-40(38)47(21-10-6-9-14-44(49)50)42(45)12-7-5-8-13-43-46(2,20-23-62-27-28-64-31-32-65-30-29-63-26-25-61-4)39-35-37(68(57,58)59)16-18-41(39)48(43)22-24-60-3/h5,7-8,12-13,15-18,34-35H,6,9-11,14,19-33H2,1-4H3,(H3-,49,50,51,52,53,54,55,56,57,58,59)/p-1. The number of hydrogen-bond acceptors (Lipinski definition) is 16. The third-order valence-electron chi connectivity index (χ3n) is 11.9. The minimum absolute atomic E-state index is 0.0135. The summed E-state index contributed by atoms with van der Waals surface area (Å²) in [5.41, 5.74) is 1.94. The molecule has 0 saturated heterocycles. The fourth-order valence-corrected chi connectivity index (χ4v) is 9.93. The fourth-order valence-electron chi connectivity index (χ4n) is 8.43. The Bertz CT molecular complexity index is 2470. The first kappa shape index (κ1) is 56.7. The van der Waals surface area contributed by atoms with Crippen LogP contribution in [-0.2, 0) is 74.4 Å². The predicted molar refractivity (Wildman–Crippen MR) is 250 cm³/mol. The van der Waals surface area contributed by atoms with Crippen LogP contribution in [0.15, 0.2) is 82.3 Å². The maximum absolute atomic E-state index is 12.4. The topological polar surface area (TPSA) is 268 Å². The smallest absolute Gasteiger partial charge is 0.303 e. The van der Waals surface area contributed by atoms with Gasteiger partial charge in [-0.2, -0.15) is 13.0 Å². The van der Waals surface area contributed by atoms with Crippen molar-refractivity contribution < 1.29 is 81.8 Å². The average molecular weight is 1010 g/mol. The number of ether oxygens (including phenoxy) is 6. The van der Waals surface area contributed by atoms with E-state index in [-0.39, 0.29) is 37.4 Å². The van der Waals surface area contributed by atoms with Crippen LogP contribution in [0.2, 0.25) is 0 Å². The van der Waals surface area contributed by atoms with Crippen LogP contribution >= 0.6 is 0 Å². The lowest BCUT2D eigenvalue weighted by molar-refractivity contribution is -0.438. The van der Waals surface area contributed by atoms with Crippen LogP contribution in [0.5, 0.6) is 0 Å². The predicted octanol–water partition coefficient (Wildman–Crippen LogP) is 4.69. The maximum atomic E-state index is 12.4. The molecule has 2 heterocycles. The van der Waals surface area contributed by atoms with Gasteiger partial charge in [-0.1, -0.05) is 18.2 Å². The molecule has 0 radical (unpaired) electrons. The van der Waals surface area contributed by atoms with Crippen molar-refractivity contribution in [1.29, 1.82) is 0 Å². The molecule has 2 aromatic rings. The molecular weight excluding hydrogens is 949 g/mol. The van der Waals surface area contributed by atoms with E-state index in [0.29, 0.717) is 120 Å². The van der Waals surface area contributed by atoms with E-state index in [0.717, 1.165) is 5.70 Å². The minimum Gasteiger partial charge on any atom is -0.748 e.